The number of halogens is 1. The van der Waals surface area contributed by atoms with Gasteiger partial charge in [0.25, 0.3) is 0 Å². The molecular formula is C15H18ClNOS. The Bertz CT molecular complexity index is 513. The lowest BCUT2D eigenvalue weighted by Gasteiger charge is -2.20. The monoisotopic (exact) mass is 295 g/mol. The number of nitrogens with one attached hydrogen (secondary N) is 1. The Morgan fingerprint density at radius 3 is 2.84 bits per heavy atom. The van der Waals surface area contributed by atoms with Crippen LogP contribution in [0, 0.1) is 0 Å². The third-order valence-corrected chi connectivity index (χ3v) is 4.10. The fourth-order valence-corrected chi connectivity index (χ4v) is 3.01. The van der Waals surface area contributed by atoms with Crippen molar-refractivity contribution in [3.63, 3.8) is 0 Å². The highest BCUT2D eigenvalue weighted by atomic mass is 35.5. The molecule has 0 spiro atoms. The molecule has 1 aromatic heterocycles. The van der Waals surface area contributed by atoms with Crippen LogP contribution >= 0.6 is 22.9 Å². The first-order valence-corrected chi connectivity index (χ1v) is 7.62. The van der Waals surface area contributed by atoms with Crippen molar-refractivity contribution in [2.24, 2.45) is 0 Å². The quantitative estimate of drug-likeness (QED) is 0.847. The van der Waals surface area contributed by atoms with Gasteiger partial charge in [-0.25, -0.2) is 0 Å². The molecule has 0 fully saturated rings. The predicted octanol–water partition coefficient (Wildman–Crippen LogP) is 4.50. The third-order valence-electron chi connectivity index (χ3n) is 2.93. The number of rotatable bonds is 6. The SMILES string of the molecule is CCCNC(c1cccs1)c1ccc(Cl)cc1OC. The van der Waals surface area contributed by atoms with E-state index >= 15 is 0 Å². The standard InChI is InChI=1S/C15H18ClNOS/c1-3-8-17-15(14-5-4-9-19-14)12-7-6-11(16)10-13(12)18-2/h4-7,9-10,15,17H,3,8H2,1-2H3. The van der Waals surface area contributed by atoms with Gasteiger partial charge in [0.1, 0.15) is 5.75 Å². The fourth-order valence-electron chi connectivity index (χ4n) is 2.03. The maximum atomic E-state index is 6.03. The summed E-state index contributed by atoms with van der Waals surface area (Å²) in [6.07, 6.45) is 1.10. The van der Waals surface area contributed by atoms with Crippen molar-refractivity contribution in [2.75, 3.05) is 13.7 Å². The predicted molar refractivity (Wildman–Crippen MR) is 82.5 cm³/mol. The zero-order chi connectivity index (χ0) is 13.7. The number of hydrogen-bond acceptors (Lipinski definition) is 3. The number of methoxy groups -OCH3 is 1. The lowest BCUT2D eigenvalue weighted by atomic mass is 10.0. The summed E-state index contributed by atoms with van der Waals surface area (Å²) < 4.78 is 5.47. The van der Waals surface area contributed by atoms with E-state index in [1.807, 2.05) is 18.2 Å². The average Bonchev–Trinajstić information content (AvgIpc) is 2.94. The van der Waals surface area contributed by atoms with Gasteiger partial charge in [-0.2, -0.15) is 0 Å². The van der Waals surface area contributed by atoms with Crippen molar-refractivity contribution < 1.29 is 4.74 Å². The first kappa shape index (κ1) is 14.4. The number of thiophene rings is 1. The van der Waals surface area contributed by atoms with Crippen LogP contribution in [0.25, 0.3) is 0 Å². The van der Waals surface area contributed by atoms with Crippen molar-refractivity contribution in [1.29, 1.82) is 0 Å². The van der Waals surface area contributed by atoms with Crippen LogP contribution in [0.1, 0.15) is 29.8 Å². The molecule has 0 radical (unpaired) electrons. The molecule has 1 unspecified atom stereocenters. The van der Waals surface area contributed by atoms with Crippen molar-refractivity contribution in [2.45, 2.75) is 19.4 Å². The van der Waals surface area contributed by atoms with Gasteiger partial charge in [-0.3, -0.25) is 0 Å². The summed E-state index contributed by atoms with van der Waals surface area (Å²) >= 11 is 7.78. The molecule has 2 aromatic rings. The summed E-state index contributed by atoms with van der Waals surface area (Å²) in [5, 5.41) is 6.36. The fraction of sp³-hybridized carbons (Fsp3) is 0.333. The minimum Gasteiger partial charge on any atom is -0.496 e. The van der Waals surface area contributed by atoms with Crippen molar-refractivity contribution in [1.82, 2.24) is 5.32 Å². The normalized spacial score (nSPS) is 12.4. The topological polar surface area (TPSA) is 21.3 Å². The molecule has 4 heteroatoms. The first-order valence-electron chi connectivity index (χ1n) is 6.36. The minimum absolute atomic E-state index is 0.159. The molecule has 0 aliphatic rings. The Balaban J connectivity index is 2.37. The van der Waals surface area contributed by atoms with Crippen molar-refractivity contribution >= 4 is 22.9 Å². The molecule has 2 nitrogen and oxygen atoms in total. The molecule has 1 N–H and O–H groups in total. The number of hydrogen-bond donors (Lipinski definition) is 1. The summed E-state index contributed by atoms with van der Waals surface area (Å²) in [5.41, 5.74) is 1.13. The summed E-state index contributed by atoms with van der Waals surface area (Å²) in [5.74, 6) is 0.828. The van der Waals surface area contributed by atoms with Gasteiger partial charge in [0.15, 0.2) is 0 Å². The molecule has 1 heterocycles. The van der Waals surface area contributed by atoms with Crippen molar-refractivity contribution in [3.8, 4) is 5.75 Å². The Hall–Kier alpha value is -1.03. The van der Waals surface area contributed by atoms with E-state index in [2.05, 4.69) is 29.8 Å². The highest BCUT2D eigenvalue weighted by Gasteiger charge is 2.18. The Labute approximate surface area is 123 Å². The zero-order valence-electron chi connectivity index (χ0n) is 11.2. The summed E-state index contributed by atoms with van der Waals surface area (Å²) in [4.78, 5) is 1.29. The maximum absolute atomic E-state index is 6.03. The molecule has 102 valence electrons. The Kier molecular flexibility index (Phi) is 5.25. The molecule has 19 heavy (non-hydrogen) atoms. The van der Waals surface area contributed by atoms with Crippen LogP contribution in [-0.4, -0.2) is 13.7 Å². The van der Waals surface area contributed by atoms with Crippen LogP contribution in [0.4, 0.5) is 0 Å². The molecular weight excluding hydrogens is 278 g/mol. The molecule has 0 aliphatic heterocycles. The van der Waals surface area contributed by atoms with E-state index < -0.39 is 0 Å². The molecule has 2 rings (SSSR count). The van der Waals surface area contributed by atoms with Crippen LogP contribution in [0.3, 0.4) is 0 Å². The van der Waals surface area contributed by atoms with Gasteiger partial charge < -0.3 is 10.1 Å². The summed E-state index contributed by atoms with van der Waals surface area (Å²) in [6, 6.07) is 10.2. The Morgan fingerprint density at radius 2 is 2.21 bits per heavy atom. The second kappa shape index (κ2) is 6.94. The summed E-state index contributed by atoms with van der Waals surface area (Å²) in [7, 11) is 1.68. The van der Waals surface area contributed by atoms with Crippen LogP contribution in [0.2, 0.25) is 5.02 Å². The van der Waals surface area contributed by atoms with Gasteiger partial charge in [-0.05, 0) is 36.5 Å². The average molecular weight is 296 g/mol. The van der Waals surface area contributed by atoms with Gasteiger partial charge in [-0.15, -0.1) is 11.3 Å². The highest BCUT2D eigenvalue weighted by Crippen LogP contribution is 2.34. The third kappa shape index (κ3) is 3.50. The molecule has 0 saturated carbocycles. The number of benzene rings is 1. The van der Waals surface area contributed by atoms with E-state index in [4.69, 9.17) is 16.3 Å². The number of ether oxygens (including phenoxy) is 1. The first-order chi connectivity index (χ1) is 9.26. The van der Waals surface area contributed by atoms with Crippen LogP contribution in [-0.2, 0) is 0 Å². The Morgan fingerprint density at radius 1 is 1.37 bits per heavy atom. The second-order valence-electron chi connectivity index (χ2n) is 4.29. The zero-order valence-corrected chi connectivity index (χ0v) is 12.7. The second-order valence-corrected chi connectivity index (χ2v) is 5.70. The molecule has 0 aliphatic carbocycles. The smallest absolute Gasteiger partial charge is 0.125 e. The van der Waals surface area contributed by atoms with E-state index in [9.17, 15) is 0 Å². The van der Waals surface area contributed by atoms with Gasteiger partial charge in [0.05, 0.1) is 13.2 Å². The van der Waals surface area contributed by atoms with Gasteiger partial charge in [0.2, 0.25) is 0 Å². The highest BCUT2D eigenvalue weighted by molar-refractivity contribution is 7.10. The van der Waals surface area contributed by atoms with Gasteiger partial charge in [-0.1, -0.05) is 30.7 Å². The molecule has 0 bridgehead atoms. The van der Waals surface area contributed by atoms with E-state index in [0.29, 0.717) is 5.02 Å². The summed E-state index contributed by atoms with van der Waals surface area (Å²) in [6.45, 7) is 3.13. The largest absolute Gasteiger partial charge is 0.496 e. The van der Waals surface area contributed by atoms with E-state index in [1.165, 1.54) is 4.88 Å². The van der Waals surface area contributed by atoms with Crippen LogP contribution < -0.4 is 10.1 Å². The van der Waals surface area contributed by atoms with Crippen LogP contribution in [0.5, 0.6) is 5.75 Å². The lowest BCUT2D eigenvalue weighted by Crippen LogP contribution is -2.22. The van der Waals surface area contributed by atoms with Crippen molar-refractivity contribution in [3.05, 3.63) is 51.2 Å². The molecule has 1 atom stereocenters. The molecule has 0 amide bonds. The molecule has 0 saturated heterocycles. The van der Waals surface area contributed by atoms with Gasteiger partial charge >= 0.3 is 0 Å². The maximum Gasteiger partial charge on any atom is 0.125 e. The minimum atomic E-state index is 0.159. The van der Waals surface area contributed by atoms with Crippen LogP contribution in [0.15, 0.2) is 35.7 Å². The van der Waals surface area contributed by atoms with E-state index in [0.717, 1.165) is 24.3 Å². The van der Waals surface area contributed by atoms with E-state index in [1.54, 1.807) is 18.4 Å². The van der Waals surface area contributed by atoms with E-state index in [-0.39, 0.29) is 6.04 Å². The lowest BCUT2D eigenvalue weighted by molar-refractivity contribution is 0.404. The molecule has 1 aromatic carbocycles. The van der Waals surface area contributed by atoms with Gasteiger partial charge in [0, 0.05) is 15.5 Å².